The summed E-state index contributed by atoms with van der Waals surface area (Å²) in [7, 11) is 0. The lowest BCUT2D eigenvalue weighted by atomic mass is 10.0. The van der Waals surface area contributed by atoms with Crippen molar-refractivity contribution >= 4 is 11.5 Å². The predicted molar refractivity (Wildman–Crippen MR) is 73.2 cm³/mol. The van der Waals surface area contributed by atoms with Crippen molar-refractivity contribution in [3.63, 3.8) is 0 Å². The lowest BCUT2D eigenvalue weighted by Crippen LogP contribution is -2.18. The number of allylic oxidation sites excluding steroid dienone is 2. The van der Waals surface area contributed by atoms with Gasteiger partial charge in [-0.25, -0.2) is 0 Å². The molecular weight excluding hydrogens is 224 g/mol. The minimum atomic E-state index is 0.0547. The molecule has 2 rings (SSSR count). The Labute approximate surface area is 108 Å². The summed E-state index contributed by atoms with van der Waals surface area (Å²) >= 11 is 0. The van der Waals surface area contributed by atoms with E-state index in [1.165, 1.54) is 5.56 Å². The fraction of sp³-hybridized carbons (Fsp3) is 0.333. The molecule has 1 aliphatic heterocycles. The van der Waals surface area contributed by atoms with Crippen LogP contribution in [0, 0.1) is 0 Å². The van der Waals surface area contributed by atoms with Gasteiger partial charge in [-0.3, -0.25) is 9.80 Å². The molecule has 3 heteroatoms. The van der Waals surface area contributed by atoms with Crippen LogP contribution in [-0.2, 0) is 4.79 Å². The van der Waals surface area contributed by atoms with Crippen LogP contribution in [0.1, 0.15) is 38.8 Å². The van der Waals surface area contributed by atoms with Gasteiger partial charge in [0.05, 0.1) is 6.04 Å². The Morgan fingerprint density at radius 3 is 2.61 bits per heavy atom. The number of ketones is 1. The summed E-state index contributed by atoms with van der Waals surface area (Å²) in [5.74, 6) is 0.0547. The van der Waals surface area contributed by atoms with Crippen LogP contribution in [0.4, 0.5) is 0 Å². The van der Waals surface area contributed by atoms with Gasteiger partial charge in [0, 0.05) is 23.9 Å². The van der Waals surface area contributed by atoms with Gasteiger partial charge in [-0.05, 0) is 26.3 Å². The molecule has 3 nitrogen and oxygen atoms in total. The lowest BCUT2D eigenvalue weighted by Gasteiger charge is -2.24. The maximum absolute atomic E-state index is 11.2. The minimum absolute atomic E-state index is 0.0547. The van der Waals surface area contributed by atoms with Crippen molar-refractivity contribution in [1.82, 2.24) is 5.01 Å². The Morgan fingerprint density at radius 1 is 1.33 bits per heavy atom. The molecule has 0 N–H and O–H groups in total. The number of benzene rings is 1. The molecule has 0 bridgehead atoms. The van der Waals surface area contributed by atoms with Crippen molar-refractivity contribution in [3.8, 4) is 0 Å². The fourth-order valence-electron chi connectivity index (χ4n) is 2.28. The van der Waals surface area contributed by atoms with Crippen LogP contribution in [0.2, 0.25) is 0 Å². The molecule has 1 atom stereocenters. The van der Waals surface area contributed by atoms with E-state index >= 15 is 0 Å². The van der Waals surface area contributed by atoms with Gasteiger partial charge in [0.15, 0.2) is 5.78 Å². The lowest BCUT2D eigenvalue weighted by molar-refractivity contribution is -0.112. The Bertz CT molecular complexity index is 502. The largest absolute Gasteiger partial charge is 0.295 e. The summed E-state index contributed by atoms with van der Waals surface area (Å²) in [5, 5.41) is 6.48. The quantitative estimate of drug-likeness (QED) is 0.762. The summed E-state index contributed by atoms with van der Waals surface area (Å²) in [4.78, 5) is 11.2. The molecule has 0 amide bonds. The first-order valence-electron chi connectivity index (χ1n) is 6.15. The number of nitrogens with zero attached hydrogens (tertiary/aromatic N) is 2. The molecule has 1 aliphatic rings. The Morgan fingerprint density at radius 2 is 2.00 bits per heavy atom. The maximum Gasteiger partial charge on any atom is 0.154 e. The van der Waals surface area contributed by atoms with Gasteiger partial charge in [-0.2, -0.15) is 5.10 Å². The number of rotatable bonds is 3. The highest BCUT2D eigenvalue weighted by Crippen LogP contribution is 2.33. The van der Waals surface area contributed by atoms with Crippen molar-refractivity contribution in [3.05, 3.63) is 47.7 Å². The van der Waals surface area contributed by atoms with E-state index in [1.54, 1.807) is 13.0 Å². The van der Waals surface area contributed by atoms with Crippen LogP contribution in [-0.4, -0.2) is 16.5 Å². The molecule has 0 saturated carbocycles. The molecule has 0 spiro atoms. The average Bonchev–Trinajstić information content (AvgIpc) is 2.72. The highest BCUT2D eigenvalue weighted by atomic mass is 16.1. The number of carbonyl (C=O) groups is 1. The van der Waals surface area contributed by atoms with Crippen molar-refractivity contribution in [2.75, 3.05) is 0 Å². The zero-order valence-corrected chi connectivity index (χ0v) is 11.1. The zero-order chi connectivity index (χ0) is 13.1. The van der Waals surface area contributed by atoms with E-state index < -0.39 is 0 Å². The zero-order valence-electron chi connectivity index (χ0n) is 11.1. The average molecular weight is 242 g/mol. The number of hydrogen-bond donors (Lipinski definition) is 0. The number of carbonyl (C=O) groups excluding carboxylic acids is 1. The second-order valence-electron chi connectivity index (χ2n) is 4.71. The number of hydrogen-bond acceptors (Lipinski definition) is 3. The standard InChI is InChI=1S/C15H18N2O/c1-11-9-15(14-7-5-4-6-8-14)17(16-11)12(2)10-13(3)18/h4-8,10,15H,9H2,1-3H3. The van der Waals surface area contributed by atoms with Crippen LogP contribution >= 0.6 is 0 Å². The van der Waals surface area contributed by atoms with Crippen molar-refractivity contribution in [2.24, 2.45) is 5.10 Å². The SMILES string of the molecule is CC(=O)C=C(C)N1N=C(C)CC1c1ccccc1. The molecule has 0 aromatic heterocycles. The summed E-state index contributed by atoms with van der Waals surface area (Å²) < 4.78 is 0. The summed E-state index contributed by atoms with van der Waals surface area (Å²) in [6.45, 7) is 5.52. The topological polar surface area (TPSA) is 32.7 Å². The van der Waals surface area contributed by atoms with Gasteiger partial charge in [-0.15, -0.1) is 0 Å². The van der Waals surface area contributed by atoms with Crippen LogP contribution < -0.4 is 0 Å². The summed E-state index contributed by atoms with van der Waals surface area (Å²) in [6, 6.07) is 10.5. The smallest absolute Gasteiger partial charge is 0.154 e. The van der Waals surface area contributed by atoms with E-state index in [-0.39, 0.29) is 11.8 Å². The van der Waals surface area contributed by atoms with Crippen LogP contribution in [0.3, 0.4) is 0 Å². The van der Waals surface area contributed by atoms with Gasteiger partial charge < -0.3 is 0 Å². The van der Waals surface area contributed by atoms with Crippen LogP contribution in [0.5, 0.6) is 0 Å². The normalized spacial score (nSPS) is 19.9. The van der Waals surface area contributed by atoms with E-state index in [2.05, 4.69) is 17.2 Å². The van der Waals surface area contributed by atoms with E-state index in [0.717, 1.165) is 17.8 Å². The molecule has 18 heavy (non-hydrogen) atoms. The summed E-state index contributed by atoms with van der Waals surface area (Å²) in [5.41, 5.74) is 3.22. The first kappa shape index (κ1) is 12.6. The molecular formula is C15H18N2O. The molecule has 1 heterocycles. The maximum atomic E-state index is 11.2. The van der Waals surface area contributed by atoms with Crippen LogP contribution in [0.15, 0.2) is 47.2 Å². The third kappa shape index (κ3) is 2.67. The van der Waals surface area contributed by atoms with Crippen molar-refractivity contribution in [1.29, 1.82) is 0 Å². The highest BCUT2D eigenvalue weighted by Gasteiger charge is 2.26. The molecule has 94 valence electrons. The van der Waals surface area contributed by atoms with Gasteiger partial charge in [0.2, 0.25) is 0 Å². The monoisotopic (exact) mass is 242 g/mol. The fourth-order valence-corrected chi connectivity index (χ4v) is 2.28. The molecule has 0 aliphatic carbocycles. The second kappa shape index (κ2) is 5.17. The molecule has 1 aromatic carbocycles. The van der Waals surface area contributed by atoms with E-state index in [4.69, 9.17) is 0 Å². The van der Waals surface area contributed by atoms with Crippen molar-refractivity contribution < 1.29 is 4.79 Å². The predicted octanol–water partition coefficient (Wildman–Crippen LogP) is 3.30. The van der Waals surface area contributed by atoms with Gasteiger partial charge in [-0.1, -0.05) is 30.3 Å². The molecule has 0 radical (unpaired) electrons. The van der Waals surface area contributed by atoms with E-state index in [1.807, 2.05) is 37.1 Å². The molecule has 1 unspecified atom stereocenters. The second-order valence-corrected chi connectivity index (χ2v) is 4.71. The first-order valence-corrected chi connectivity index (χ1v) is 6.15. The first-order chi connectivity index (χ1) is 8.58. The third-order valence-corrected chi connectivity index (χ3v) is 3.02. The Hall–Kier alpha value is -1.90. The van der Waals surface area contributed by atoms with E-state index in [9.17, 15) is 4.79 Å². The third-order valence-electron chi connectivity index (χ3n) is 3.02. The van der Waals surface area contributed by atoms with Gasteiger partial charge >= 0.3 is 0 Å². The molecule has 1 aromatic rings. The summed E-state index contributed by atoms with van der Waals surface area (Å²) in [6.07, 6.45) is 2.55. The number of hydrazone groups is 1. The van der Waals surface area contributed by atoms with E-state index in [0.29, 0.717) is 0 Å². The van der Waals surface area contributed by atoms with Crippen LogP contribution in [0.25, 0.3) is 0 Å². The minimum Gasteiger partial charge on any atom is -0.295 e. The molecule has 0 saturated heterocycles. The van der Waals surface area contributed by atoms with Crippen molar-refractivity contribution in [2.45, 2.75) is 33.2 Å². The van der Waals surface area contributed by atoms with Gasteiger partial charge in [0.25, 0.3) is 0 Å². The Kier molecular flexibility index (Phi) is 3.60. The van der Waals surface area contributed by atoms with Gasteiger partial charge in [0.1, 0.15) is 0 Å². The highest BCUT2D eigenvalue weighted by molar-refractivity contribution is 5.88. The Balaban J connectivity index is 2.30. The molecule has 0 fully saturated rings.